The molecule has 1 aromatic carbocycles. The number of rotatable bonds is 8. The second-order valence-electron chi connectivity index (χ2n) is 3.61. The Hall–Kier alpha value is -0.670. The van der Waals surface area contributed by atoms with Crippen LogP contribution in [0.4, 0.5) is 5.69 Å². The first-order valence-electron chi connectivity index (χ1n) is 5.76. The molecular formula is C13H21NOS. The molecule has 2 nitrogen and oxygen atoms in total. The van der Waals surface area contributed by atoms with Gasteiger partial charge in [-0.2, -0.15) is 11.8 Å². The fourth-order valence-corrected chi connectivity index (χ4v) is 2.02. The smallest absolute Gasteiger partial charge is 0.0479 e. The maximum Gasteiger partial charge on any atom is 0.0479 e. The monoisotopic (exact) mass is 239 g/mol. The van der Waals surface area contributed by atoms with Gasteiger partial charge in [0.1, 0.15) is 0 Å². The fraction of sp³-hybridized carbons (Fsp3) is 0.538. The van der Waals surface area contributed by atoms with E-state index in [4.69, 9.17) is 4.74 Å². The van der Waals surface area contributed by atoms with Crippen LogP contribution in [-0.2, 0) is 10.5 Å². The van der Waals surface area contributed by atoms with E-state index in [9.17, 15) is 0 Å². The van der Waals surface area contributed by atoms with Crippen molar-refractivity contribution < 1.29 is 4.74 Å². The lowest BCUT2D eigenvalue weighted by Gasteiger charge is -2.07. The minimum absolute atomic E-state index is 0.818. The topological polar surface area (TPSA) is 21.3 Å². The Labute approximate surface area is 103 Å². The minimum Gasteiger partial charge on any atom is -0.385 e. The molecule has 0 spiro atoms. The van der Waals surface area contributed by atoms with E-state index in [1.165, 1.54) is 17.0 Å². The highest BCUT2D eigenvalue weighted by Crippen LogP contribution is 2.14. The van der Waals surface area contributed by atoms with Crippen LogP contribution in [-0.4, -0.2) is 26.0 Å². The Kier molecular flexibility index (Phi) is 7.10. The summed E-state index contributed by atoms with van der Waals surface area (Å²) in [5.74, 6) is 2.29. The molecule has 16 heavy (non-hydrogen) atoms. The van der Waals surface area contributed by atoms with Crippen LogP contribution in [0.15, 0.2) is 24.3 Å². The predicted octanol–water partition coefficient (Wildman–Crippen LogP) is 3.39. The van der Waals surface area contributed by atoms with Gasteiger partial charge in [-0.05, 0) is 29.9 Å². The summed E-state index contributed by atoms with van der Waals surface area (Å²) in [5, 5.41) is 3.38. The zero-order valence-electron chi connectivity index (χ0n) is 10.2. The Balaban J connectivity index is 2.27. The van der Waals surface area contributed by atoms with E-state index in [2.05, 4.69) is 36.5 Å². The molecule has 90 valence electrons. The van der Waals surface area contributed by atoms with Gasteiger partial charge in [0.05, 0.1) is 0 Å². The van der Waals surface area contributed by atoms with Crippen molar-refractivity contribution in [2.45, 2.75) is 19.1 Å². The van der Waals surface area contributed by atoms with Crippen molar-refractivity contribution in [2.75, 3.05) is 31.3 Å². The average molecular weight is 239 g/mol. The van der Waals surface area contributed by atoms with Crippen LogP contribution in [0.1, 0.15) is 18.9 Å². The van der Waals surface area contributed by atoms with Crippen LogP contribution in [0.5, 0.6) is 0 Å². The van der Waals surface area contributed by atoms with Crippen molar-refractivity contribution in [2.24, 2.45) is 0 Å². The molecule has 1 aromatic rings. The maximum atomic E-state index is 5.00. The van der Waals surface area contributed by atoms with Gasteiger partial charge in [-0.3, -0.25) is 0 Å². The highest BCUT2D eigenvalue weighted by molar-refractivity contribution is 7.98. The molecule has 0 bridgehead atoms. The molecule has 0 aliphatic carbocycles. The molecule has 1 rings (SSSR count). The van der Waals surface area contributed by atoms with Crippen molar-refractivity contribution in [3.8, 4) is 0 Å². The lowest BCUT2D eigenvalue weighted by Crippen LogP contribution is -2.04. The molecule has 0 unspecified atom stereocenters. The third kappa shape index (κ3) is 5.42. The van der Waals surface area contributed by atoms with Crippen molar-refractivity contribution in [3.63, 3.8) is 0 Å². The molecule has 0 saturated heterocycles. The summed E-state index contributed by atoms with van der Waals surface area (Å²) in [5.41, 5.74) is 2.59. The second kappa shape index (κ2) is 8.48. The van der Waals surface area contributed by atoms with E-state index in [0.717, 1.165) is 25.3 Å². The number of benzene rings is 1. The SMILES string of the molecule is CCSCc1ccc(NCCCOC)cc1. The van der Waals surface area contributed by atoms with Crippen LogP contribution < -0.4 is 5.32 Å². The van der Waals surface area contributed by atoms with Gasteiger partial charge in [-0.1, -0.05) is 19.1 Å². The summed E-state index contributed by atoms with van der Waals surface area (Å²) in [4.78, 5) is 0. The molecule has 1 N–H and O–H groups in total. The summed E-state index contributed by atoms with van der Waals surface area (Å²) in [6, 6.07) is 8.69. The first-order valence-corrected chi connectivity index (χ1v) is 6.91. The van der Waals surface area contributed by atoms with Crippen molar-refractivity contribution >= 4 is 17.4 Å². The van der Waals surface area contributed by atoms with Crippen LogP contribution in [0.25, 0.3) is 0 Å². The van der Waals surface area contributed by atoms with E-state index in [-0.39, 0.29) is 0 Å². The third-order valence-electron chi connectivity index (χ3n) is 2.28. The van der Waals surface area contributed by atoms with Gasteiger partial charge < -0.3 is 10.1 Å². The number of anilines is 1. The zero-order chi connectivity index (χ0) is 11.6. The zero-order valence-corrected chi connectivity index (χ0v) is 11.0. The molecule has 0 fully saturated rings. The molecular weight excluding hydrogens is 218 g/mol. The van der Waals surface area contributed by atoms with Gasteiger partial charge in [-0.25, -0.2) is 0 Å². The number of ether oxygens (including phenoxy) is 1. The highest BCUT2D eigenvalue weighted by atomic mass is 32.2. The van der Waals surface area contributed by atoms with Gasteiger partial charge in [0.25, 0.3) is 0 Å². The van der Waals surface area contributed by atoms with Crippen molar-refractivity contribution in [3.05, 3.63) is 29.8 Å². The molecule has 0 radical (unpaired) electrons. The fourth-order valence-electron chi connectivity index (χ4n) is 1.39. The summed E-state index contributed by atoms with van der Waals surface area (Å²) in [7, 11) is 1.74. The van der Waals surface area contributed by atoms with Crippen LogP contribution in [0, 0.1) is 0 Å². The van der Waals surface area contributed by atoms with E-state index in [1.54, 1.807) is 7.11 Å². The Morgan fingerprint density at radius 3 is 2.62 bits per heavy atom. The second-order valence-corrected chi connectivity index (χ2v) is 4.88. The van der Waals surface area contributed by atoms with Crippen molar-refractivity contribution in [1.82, 2.24) is 0 Å². The number of methoxy groups -OCH3 is 1. The summed E-state index contributed by atoms with van der Waals surface area (Å²) in [6.45, 7) is 3.98. The quantitative estimate of drug-likeness (QED) is 0.703. The normalized spacial score (nSPS) is 10.4. The van der Waals surface area contributed by atoms with E-state index < -0.39 is 0 Å². The average Bonchev–Trinajstić information content (AvgIpc) is 2.33. The summed E-state index contributed by atoms with van der Waals surface area (Å²) in [6.07, 6.45) is 1.05. The summed E-state index contributed by atoms with van der Waals surface area (Å²) < 4.78 is 5.00. The first-order chi connectivity index (χ1) is 7.86. The van der Waals surface area contributed by atoms with Gasteiger partial charge in [-0.15, -0.1) is 0 Å². The van der Waals surface area contributed by atoms with Crippen LogP contribution >= 0.6 is 11.8 Å². The Bertz CT molecular complexity index is 274. The Morgan fingerprint density at radius 1 is 1.25 bits per heavy atom. The lowest BCUT2D eigenvalue weighted by molar-refractivity contribution is 0.198. The first kappa shape index (κ1) is 13.4. The van der Waals surface area contributed by atoms with E-state index >= 15 is 0 Å². The molecule has 0 amide bonds. The van der Waals surface area contributed by atoms with Gasteiger partial charge in [0.2, 0.25) is 0 Å². The number of thioether (sulfide) groups is 1. The third-order valence-corrected chi connectivity index (χ3v) is 3.23. The maximum absolute atomic E-state index is 5.00. The highest BCUT2D eigenvalue weighted by Gasteiger charge is 1.94. The Morgan fingerprint density at radius 2 is 2.00 bits per heavy atom. The van der Waals surface area contributed by atoms with Gasteiger partial charge in [0.15, 0.2) is 0 Å². The molecule has 0 aliphatic heterocycles. The lowest BCUT2D eigenvalue weighted by atomic mass is 10.2. The molecule has 0 atom stereocenters. The largest absolute Gasteiger partial charge is 0.385 e. The van der Waals surface area contributed by atoms with E-state index in [1.807, 2.05) is 11.8 Å². The van der Waals surface area contributed by atoms with E-state index in [0.29, 0.717) is 0 Å². The molecule has 0 heterocycles. The van der Waals surface area contributed by atoms with Crippen LogP contribution in [0.2, 0.25) is 0 Å². The molecule has 0 aromatic heterocycles. The van der Waals surface area contributed by atoms with Crippen LogP contribution in [0.3, 0.4) is 0 Å². The van der Waals surface area contributed by atoms with Gasteiger partial charge in [0, 0.05) is 31.7 Å². The molecule has 3 heteroatoms. The van der Waals surface area contributed by atoms with Gasteiger partial charge >= 0.3 is 0 Å². The number of hydrogen-bond acceptors (Lipinski definition) is 3. The molecule has 0 saturated carbocycles. The summed E-state index contributed by atoms with van der Waals surface area (Å²) >= 11 is 1.95. The minimum atomic E-state index is 0.818. The standard InChI is InChI=1S/C13H21NOS/c1-3-16-11-12-5-7-13(8-6-12)14-9-4-10-15-2/h5-8,14H,3-4,9-11H2,1-2H3. The molecule has 0 aliphatic rings. The number of nitrogens with one attached hydrogen (secondary N) is 1. The number of hydrogen-bond donors (Lipinski definition) is 1. The van der Waals surface area contributed by atoms with Crippen molar-refractivity contribution in [1.29, 1.82) is 0 Å². The predicted molar refractivity (Wildman–Crippen MR) is 73.3 cm³/mol.